The van der Waals surface area contributed by atoms with Crippen molar-refractivity contribution in [1.29, 1.82) is 0 Å². The molecule has 164 valence electrons. The van der Waals surface area contributed by atoms with Gasteiger partial charge in [-0.25, -0.2) is 4.39 Å². The van der Waals surface area contributed by atoms with Crippen LogP contribution in [-0.4, -0.2) is 36.2 Å². The molecule has 0 fully saturated rings. The fourth-order valence-electron chi connectivity index (χ4n) is 3.65. The van der Waals surface area contributed by atoms with Crippen LogP contribution in [0.3, 0.4) is 0 Å². The summed E-state index contributed by atoms with van der Waals surface area (Å²) < 4.78 is 19.4. The van der Waals surface area contributed by atoms with Crippen molar-refractivity contribution in [2.24, 2.45) is 0 Å². The molecule has 3 aromatic carbocycles. The monoisotopic (exact) mass is 441 g/mol. The van der Waals surface area contributed by atoms with Gasteiger partial charge in [0.25, 0.3) is 0 Å². The molecule has 1 N–H and O–H groups in total. The predicted molar refractivity (Wildman–Crippen MR) is 124 cm³/mol. The Morgan fingerprint density at radius 2 is 1.42 bits per heavy atom. The number of nitrogens with zero attached hydrogens (tertiary/aromatic N) is 1. The zero-order valence-electron chi connectivity index (χ0n) is 18.0. The Kier molecular flexibility index (Phi) is 8.08. The summed E-state index contributed by atoms with van der Waals surface area (Å²) in [4.78, 5) is 2.30. The number of benzene rings is 3. The Hall–Kier alpha value is -2.40. The SMILES string of the molecule is CCN(CC)CCOc1ccc(C(O)(Cc2ccc(Cl)cc2)c2ccc(F)cc2)cc1. The Morgan fingerprint density at radius 1 is 0.871 bits per heavy atom. The van der Waals surface area contributed by atoms with E-state index in [0.717, 1.165) is 30.9 Å². The van der Waals surface area contributed by atoms with Gasteiger partial charge < -0.3 is 14.7 Å². The van der Waals surface area contributed by atoms with Crippen LogP contribution < -0.4 is 4.74 Å². The molecule has 0 heterocycles. The molecule has 0 aliphatic heterocycles. The maximum Gasteiger partial charge on any atom is 0.123 e. The van der Waals surface area contributed by atoms with E-state index >= 15 is 0 Å². The lowest BCUT2D eigenvalue weighted by Gasteiger charge is -2.30. The summed E-state index contributed by atoms with van der Waals surface area (Å²) in [6, 6.07) is 20.8. The molecule has 0 aliphatic rings. The van der Waals surface area contributed by atoms with Gasteiger partial charge in [-0.3, -0.25) is 0 Å². The molecule has 3 nitrogen and oxygen atoms in total. The summed E-state index contributed by atoms with van der Waals surface area (Å²) >= 11 is 6.01. The molecular formula is C26H29ClFNO2. The first-order valence-corrected chi connectivity index (χ1v) is 11.0. The molecule has 0 saturated carbocycles. The highest BCUT2D eigenvalue weighted by Crippen LogP contribution is 2.34. The van der Waals surface area contributed by atoms with Crippen LogP contribution in [-0.2, 0) is 12.0 Å². The maximum atomic E-state index is 13.5. The van der Waals surface area contributed by atoms with E-state index < -0.39 is 5.60 Å². The van der Waals surface area contributed by atoms with E-state index in [4.69, 9.17) is 16.3 Å². The van der Waals surface area contributed by atoms with Crippen LogP contribution in [0.15, 0.2) is 72.8 Å². The number of ether oxygens (including phenoxy) is 1. The van der Waals surface area contributed by atoms with Gasteiger partial charge in [0, 0.05) is 18.0 Å². The summed E-state index contributed by atoms with van der Waals surface area (Å²) in [6.45, 7) is 7.73. The zero-order valence-corrected chi connectivity index (χ0v) is 18.8. The summed E-state index contributed by atoms with van der Waals surface area (Å²) in [5.41, 5.74) is 0.946. The summed E-state index contributed by atoms with van der Waals surface area (Å²) in [7, 11) is 0. The molecule has 3 rings (SSSR count). The third-order valence-corrected chi connectivity index (χ3v) is 5.85. The topological polar surface area (TPSA) is 32.7 Å². The highest BCUT2D eigenvalue weighted by atomic mass is 35.5. The average molecular weight is 442 g/mol. The lowest BCUT2D eigenvalue weighted by molar-refractivity contribution is 0.0810. The highest BCUT2D eigenvalue weighted by molar-refractivity contribution is 6.30. The highest BCUT2D eigenvalue weighted by Gasteiger charge is 2.32. The van der Waals surface area contributed by atoms with Crippen LogP contribution in [0, 0.1) is 5.82 Å². The number of aliphatic hydroxyl groups is 1. The molecule has 3 aromatic rings. The van der Waals surface area contributed by atoms with Gasteiger partial charge in [-0.15, -0.1) is 0 Å². The van der Waals surface area contributed by atoms with Crippen LogP contribution >= 0.6 is 11.6 Å². The van der Waals surface area contributed by atoms with Gasteiger partial charge in [0.15, 0.2) is 0 Å². The van der Waals surface area contributed by atoms with E-state index in [1.807, 2.05) is 36.4 Å². The lowest BCUT2D eigenvalue weighted by atomic mass is 9.81. The zero-order chi connectivity index (χ0) is 22.3. The Balaban J connectivity index is 1.83. The smallest absolute Gasteiger partial charge is 0.123 e. The van der Waals surface area contributed by atoms with Crippen molar-refractivity contribution in [1.82, 2.24) is 4.90 Å². The number of halogens is 2. The molecule has 5 heteroatoms. The molecule has 0 radical (unpaired) electrons. The maximum absolute atomic E-state index is 13.5. The second-order valence-electron chi connectivity index (χ2n) is 7.57. The standard InChI is InChI=1S/C26H29ClFNO2/c1-3-29(4-2)17-18-31-25-15-9-22(10-16-25)26(30,21-7-13-24(28)14-8-21)19-20-5-11-23(27)12-6-20/h5-16,30H,3-4,17-19H2,1-2H3. The number of rotatable bonds is 10. The van der Waals surface area contributed by atoms with Crippen molar-refractivity contribution in [3.05, 3.63) is 100 Å². The van der Waals surface area contributed by atoms with Crippen molar-refractivity contribution in [3.8, 4) is 5.75 Å². The summed E-state index contributed by atoms with van der Waals surface area (Å²) in [5, 5.41) is 12.4. The Bertz CT molecular complexity index is 941. The first kappa shape index (κ1) is 23.3. The van der Waals surface area contributed by atoms with Crippen molar-refractivity contribution < 1.29 is 14.2 Å². The molecule has 0 saturated heterocycles. The van der Waals surface area contributed by atoms with Crippen LogP contribution in [0.25, 0.3) is 0 Å². The second-order valence-corrected chi connectivity index (χ2v) is 8.01. The third-order valence-electron chi connectivity index (χ3n) is 5.60. The summed E-state index contributed by atoms with van der Waals surface area (Å²) in [6.07, 6.45) is 0.331. The minimum atomic E-state index is -1.32. The number of hydrogen-bond acceptors (Lipinski definition) is 3. The van der Waals surface area contributed by atoms with E-state index in [1.165, 1.54) is 12.1 Å². The largest absolute Gasteiger partial charge is 0.492 e. The van der Waals surface area contributed by atoms with E-state index in [9.17, 15) is 9.50 Å². The Morgan fingerprint density at radius 3 is 1.97 bits per heavy atom. The van der Waals surface area contributed by atoms with Crippen LogP contribution in [0.5, 0.6) is 5.75 Å². The van der Waals surface area contributed by atoms with Crippen molar-refractivity contribution >= 4 is 11.6 Å². The van der Waals surface area contributed by atoms with Crippen LogP contribution in [0.1, 0.15) is 30.5 Å². The average Bonchev–Trinajstić information content (AvgIpc) is 2.79. The van der Waals surface area contributed by atoms with Gasteiger partial charge in [0.1, 0.15) is 23.8 Å². The van der Waals surface area contributed by atoms with Crippen LogP contribution in [0.2, 0.25) is 5.02 Å². The van der Waals surface area contributed by atoms with E-state index in [2.05, 4.69) is 18.7 Å². The fraction of sp³-hybridized carbons (Fsp3) is 0.308. The van der Waals surface area contributed by atoms with E-state index in [-0.39, 0.29) is 5.82 Å². The minimum absolute atomic E-state index is 0.331. The quantitative estimate of drug-likeness (QED) is 0.439. The van der Waals surface area contributed by atoms with Gasteiger partial charge in [-0.1, -0.05) is 61.8 Å². The van der Waals surface area contributed by atoms with Gasteiger partial charge in [-0.05, 0) is 66.2 Å². The van der Waals surface area contributed by atoms with Crippen molar-refractivity contribution in [3.63, 3.8) is 0 Å². The van der Waals surface area contributed by atoms with Gasteiger partial charge >= 0.3 is 0 Å². The number of hydrogen-bond donors (Lipinski definition) is 1. The number of likely N-dealkylation sites (N-methyl/N-ethyl adjacent to an activating group) is 1. The predicted octanol–water partition coefficient (Wildman–Crippen LogP) is 5.68. The second kappa shape index (κ2) is 10.8. The molecule has 1 unspecified atom stereocenters. The lowest BCUT2D eigenvalue weighted by Crippen LogP contribution is -2.30. The van der Waals surface area contributed by atoms with Crippen molar-refractivity contribution in [2.45, 2.75) is 25.9 Å². The van der Waals surface area contributed by atoms with Gasteiger partial charge in [0.05, 0.1) is 0 Å². The van der Waals surface area contributed by atoms with Crippen molar-refractivity contribution in [2.75, 3.05) is 26.2 Å². The van der Waals surface area contributed by atoms with E-state index in [1.54, 1.807) is 24.3 Å². The Labute approximate surface area is 189 Å². The normalized spacial score (nSPS) is 13.2. The molecular weight excluding hydrogens is 413 g/mol. The van der Waals surface area contributed by atoms with E-state index in [0.29, 0.717) is 29.2 Å². The molecule has 1 atom stereocenters. The molecule has 0 aliphatic carbocycles. The third kappa shape index (κ3) is 6.07. The molecule has 0 spiro atoms. The van der Waals surface area contributed by atoms with Gasteiger partial charge in [-0.2, -0.15) is 0 Å². The summed E-state index contributed by atoms with van der Waals surface area (Å²) in [5.74, 6) is 0.415. The molecule has 0 amide bonds. The first-order valence-electron chi connectivity index (χ1n) is 10.6. The molecule has 31 heavy (non-hydrogen) atoms. The molecule has 0 bridgehead atoms. The minimum Gasteiger partial charge on any atom is -0.492 e. The van der Waals surface area contributed by atoms with Crippen LogP contribution in [0.4, 0.5) is 4.39 Å². The fourth-order valence-corrected chi connectivity index (χ4v) is 3.78. The molecule has 0 aromatic heterocycles. The first-order chi connectivity index (χ1) is 14.9. The van der Waals surface area contributed by atoms with Gasteiger partial charge in [0.2, 0.25) is 0 Å².